The Bertz CT molecular complexity index is 501. The minimum Gasteiger partial charge on any atom is -0.335 e. The van der Waals surface area contributed by atoms with E-state index < -0.39 is 0 Å². The molecular formula is C15H20N2O2. The Balaban J connectivity index is 1.81. The van der Waals surface area contributed by atoms with Crippen molar-refractivity contribution in [3.63, 3.8) is 0 Å². The highest BCUT2D eigenvalue weighted by Crippen LogP contribution is 2.35. The molecular weight excluding hydrogens is 240 g/mol. The van der Waals surface area contributed by atoms with Crippen LogP contribution < -0.4 is 5.56 Å². The number of nitrogens with one attached hydrogen (secondary N) is 1. The van der Waals surface area contributed by atoms with Crippen LogP contribution >= 0.6 is 0 Å². The van der Waals surface area contributed by atoms with Gasteiger partial charge in [-0.2, -0.15) is 0 Å². The Morgan fingerprint density at radius 2 is 1.95 bits per heavy atom. The van der Waals surface area contributed by atoms with E-state index in [2.05, 4.69) is 4.98 Å². The van der Waals surface area contributed by atoms with Gasteiger partial charge < -0.3 is 9.88 Å². The fraction of sp³-hybridized carbons (Fsp3) is 0.600. The van der Waals surface area contributed by atoms with E-state index in [9.17, 15) is 9.59 Å². The number of hydrogen-bond acceptors (Lipinski definition) is 2. The van der Waals surface area contributed by atoms with Crippen LogP contribution in [0.15, 0.2) is 23.1 Å². The number of nitrogens with zero attached hydrogens (tertiary/aromatic N) is 1. The first-order chi connectivity index (χ1) is 9.25. The third-order valence-electron chi connectivity index (χ3n) is 4.54. The first kappa shape index (κ1) is 12.5. The Morgan fingerprint density at radius 1 is 1.16 bits per heavy atom. The average molecular weight is 260 g/mol. The van der Waals surface area contributed by atoms with Crippen molar-refractivity contribution in [1.82, 2.24) is 9.88 Å². The number of H-pyrrole nitrogens is 1. The number of rotatable bonds is 1. The molecule has 1 aliphatic heterocycles. The average Bonchev–Trinajstić information content (AvgIpc) is 2.47. The van der Waals surface area contributed by atoms with Crippen molar-refractivity contribution in [2.24, 2.45) is 5.92 Å². The molecule has 1 N–H and O–H groups in total. The summed E-state index contributed by atoms with van der Waals surface area (Å²) in [6.45, 7) is 0.860. The van der Waals surface area contributed by atoms with Crippen LogP contribution in [0.2, 0.25) is 0 Å². The molecule has 0 bridgehead atoms. The summed E-state index contributed by atoms with van der Waals surface area (Å²) in [6.07, 6.45) is 8.85. The van der Waals surface area contributed by atoms with Crippen molar-refractivity contribution in [2.45, 2.75) is 44.6 Å². The van der Waals surface area contributed by atoms with Gasteiger partial charge in [-0.05, 0) is 37.7 Å². The standard InChI is InChI=1S/C15H20N2O2/c18-14-8-7-12(10-16-14)15(19)17-9-3-5-11-4-1-2-6-13(11)17/h7-8,10-11,13H,1-6,9H2,(H,16,18). The highest BCUT2D eigenvalue weighted by molar-refractivity contribution is 5.94. The third kappa shape index (κ3) is 2.44. The summed E-state index contributed by atoms with van der Waals surface area (Å²) in [7, 11) is 0. The van der Waals surface area contributed by atoms with Crippen molar-refractivity contribution >= 4 is 5.91 Å². The second-order valence-electron chi connectivity index (χ2n) is 5.69. The van der Waals surface area contributed by atoms with Crippen molar-refractivity contribution in [1.29, 1.82) is 0 Å². The topological polar surface area (TPSA) is 53.2 Å². The number of aromatic nitrogens is 1. The van der Waals surface area contributed by atoms with Gasteiger partial charge >= 0.3 is 0 Å². The van der Waals surface area contributed by atoms with Crippen LogP contribution in [0.5, 0.6) is 0 Å². The van der Waals surface area contributed by atoms with E-state index in [1.54, 1.807) is 6.07 Å². The molecule has 0 spiro atoms. The van der Waals surface area contributed by atoms with Gasteiger partial charge in [0.1, 0.15) is 0 Å². The summed E-state index contributed by atoms with van der Waals surface area (Å²) in [5.41, 5.74) is 0.441. The maximum Gasteiger partial charge on any atom is 0.255 e. The Labute approximate surface area is 112 Å². The third-order valence-corrected chi connectivity index (χ3v) is 4.54. The van der Waals surface area contributed by atoms with Gasteiger partial charge in [0.25, 0.3) is 5.91 Å². The molecule has 1 aromatic rings. The van der Waals surface area contributed by atoms with Crippen molar-refractivity contribution in [3.8, 4) is 0 Å². The number of likely N-dealkylation sites (tertiary alicyclic amines) is 1. The molecule has 2 aliphatic rings. The van der Waals surface area contributed by atoms with E-state index in [4.69, 9.17) is 0 Å². The minimum atomic E-state index is -0.161. The van der Waals surface area contributed by atoms with Gasteiger partial charge in [0.15, 0.2) is 0 Å². The monoisotopic (exact) mass is 260 g/mol. The number of aromatic amines is 1. The zero-order valence-electron chi connectivity index (χ0n) is 11.1. The molecule has 1 saturated heterocycles. The highest BCUT2D eigenvalue weighted by atomic mass is 16.2. The van der Waals surface area contributed by atoms with Crippen LogP contribution in [-0.4, -0.2) is 28.4 Å². The Morgan fingerprint density at radius 3 is 2.74 bits per heavy atom. The summed E-state index contributed by atoms with van der Waals surface area (Å²) in [5.74, 6) is 0.766. The van der Waals surface area contributed by atoms with E-state index in [1.165, 1.54) is 37.9 Å². The summed E-state index contributed by atoms with van der Waals surface area (Å²) in [5, 5.41) is 0. The van der Waals surface area contributed by atoms with E-state index in [1.807, 2.05) is 4.90 Å². The lowest BCUT2D eigenvalue weighted by Gasteiger charge is -2.44. The molecule has 4 nitrogen and oxygen atoms in total. The molecule has 0 aromatic carbocycles. The van der Waals surface area contributed by atoms with Crippen molar-refractivity contribution in [2.75, 3.05) is 6.54 Å². The number of piperidine rings is 1. The van der Waals surface area contributed by atoms with Crippen LogP contribution in [0.25, 0.3) is 0 Å². The predicted molar refractivity (Wildman–Crippen MR) is 73.1 cm³/mol. The molecule has 2 atom stereocenters. The minimum absolute atomic E-state index is 0.0767. The van der Waals surface area contributed by atoms with E-state index in [0.29, 0.717) is 17.5 Å². The summed E-state index contributed by atoms with van der Waals surface area (Å²) in [6, 6.07) is 3.48. The lowest BCUT2D eigenvalue weighted by molar-refractivity contribution is 0.0390. The second-order valence-corrected chi connectivity index (χ2v) is 5.69. The van der Waals surface area contributed by atoms with Crippen LogP contribution in [0.3, 0.4) is 0 Å². The lowest BCUT2D eigenvalue weighted by Crippen LogP contribution is -2.49. The van der Waals surface area contributed by atoms with Gasteiger partial charge in [0.05, 0.1) is 5.56 Å². The second kappa shape index (κ2) is 5.19. The molecule has 1 aromatic heterocycles. The molecule has 0 radical (unpaired) electrons. The van der Waals surface area contributed by atoms with E-state index in [0.717, 1.165) is 19.4 Å². The van der Waals surface area contributed by atoms with Crippen LogP contribution in [-0.2, 0) is 0 Å². The SMILES string of the molecule is O=C(c1ccc(=O)[nH]c1)N1CCCC2CCCCC21. The number of amides is 1. The van der Waals surface area contributed by atoms with Gasteiger partial charge in [-0.15, -0.1) is 0 Å². The fourth-order valence-corrected chi connectivity index (χ4v) is 3.59. The van der Waals surface area contributed by atoms with E-state index in [-0.39, 0.29) is 11.5 Å². The first-order valence-electron chi connectivity index (χ1n) is 7.25. The normalized spacial score (nSPS) is 26.8. The van der Waals surface area contributed by atoms with Gasteiger partial charge in [-0.3, -0.25) is 9.59 Å². The van der Waals surface area contributed by atoms with Gasteiger partial charge in [0, 0.05) is 24.8 Å². The van der Waals surface area contributed by atoms with Crippen molar-refractivity contribution in [3.05, 3.63) is 34.2 Å². The molecule has 1 saturated carbocycles. The quantitative estimate of drug-likeness (QED) is 0.841. The van der Waals surface area contributed by atoms with E-state index >= 15 is 0 Å². The number of fused-ring (bicyclic) bond motifs is 1. The molecule has 19 heavy (non-hydrogen) atoms. The number of hydrogen-bond donors (Lipinski definition) is 1. The van der Waals surface area contributed by atoms with Crippen LogP contribution in [0, 0.1) is 5.92 Å². The number of carbonyl (C=O) groups excluding carboxylic acids is 1. The lowest BCUT2D eigenvalue weighted by atomic mass is 9.78. The molecule has 3 rings (SSSR count). The smallest absolute Gasteiger partial charge is 0.255 e. The molecule has 102 valence electrons. The van der Waals surface area contributed by atoms with Crippen LogP contribution in [0.4, 0.5) is 0 Å². The molecule has 1 aliphatic carbocycles. The predicted octanol–water partition coefficient (Wildman–Crippen LogP) is 2.17. The number of pyridine rings is 1. The Hall–Kier alpha value is -1.58. The van der Waals surface area contributed by atoms with Gasteiger partial charge in [-0.1, -0.05) is 12.8 Å². The molecule has 4 heteroatoms. The molecule has 2 heterocycles. The molecule has 2 unspecified atom stereocenters. The molecule has 1 amide bonds. The zero-order chi connectivity index (χ0) is 13.2. The summed E-state index contributed by atoms with van der Waals surface area (Å²) >= 11 is 0. The number of carbonyl (C=O) groups is 1. The largest absolute Gasteiger partial charge is 0.335 e. The summed E-state index contributed by atoms with van der Waals surface area (Å²) < 4.78 is 0. The maximum atomic E-state index is 12.6. The molecule has 2 fully saturated rings. The highest BCUT2D eigenvalue weighted by Gasteiger charge is 2.35. The van der Waals surface area contributed by atoms with Crippen LogP contribution in [0.1, 0.15) is 48.9 Å². The summed E-state index contributed by atoms with van der Waals surface area (Å²) in [4.78, 5) is 28.3. The first-order valence-corrected chi connectivity index (χ1v) is 7.25. The zero-order valence-corrected chi connectivity index (χ0v) is 11.1. The Kier molecular flexibility index (Phi) is 3.40. The fourth-order valence-electron chi connectivity index (χ4n) is 3.59. The van der Waals surface area contributed by atoms with Gasteiger partial charge in [-0.25, -0.2) is 0 Å². The van der Waals surface area contributed by atoms with Gasteiger partial charge in [0.2, 0.25) is 5.56 Å². The van der Waals surface area contributed by atoms with Crippen molar-refractivity contribution < 1.29 is 4.79 Å². The maximum absolute atomic E-state index is 12.6.